The van der Waals surface area contributed by atoms with Gasteiger partial charge < -0.3 is 40.2 Å². The summed E-state index contributed by atoms with van der Waals surface area (Å²) in [6.07, 6.45) is 3.79. The number of likely N-dealkylation sites (N-methyl/N-ethyl adjacent to an activating group) is 1. The number of phenols is 1. The van der Waals surface area contributed by atoms with Gasteiger partial charge in [0, 0.05) is 59.9 Å². The first-order valence-corrected chi connectivity index (χ1v) is 24.1. The van der Waals surface area contributed by atoms with E-state index in [4.69, 9.17) is 27.9 Å². The van der Waals surface area contributed by atoms with E-state index in [9.17, 15) is 37.7 Å². The van der Waals surface area contributed by atoms with Crippen molar-refractivity contribution in [3.63, 3.8) is 0 Å². The molecule has 2 aliphatic rings. The molecule has 0 saturated heterocycles. The Kier molecular flexibility index (Phi) is 17.6. The molecule has 0 fully saturated rings. The van der Waals surface area contributed by atoms with Crippen molar-refractivity contribution in [2.24, 2.45) is 4.99 Å². The Balaban J connectivity index is 1.29. The first kappa shape index (κ1) is 53.2. The van der Waals surface area contributed by atoms with Gasteiger partial charge in [0.2, 0.25) is 23.6 Å². The van der Waals surface area contributed by atoms with Crippen molar-refractivity contribution >= 4 is 82.4 Å². The van der Waals surface area contributed by atoms with Crippen LogP contribution in [0.15, 0.2) is 82.5 Å². The number of allylic oxidation sites excluding steroid dienone is 3. The van der Waals surface area contributed by atoms with Gasteiger partial charge >= 0.3 is 13.4 Å². The number of hydrogen-bond donors (Lipinski definition) is 5. The molecule has 0 saturated carbocycles. The van der Waals surface area contributed by atoms with E-state index in [-0.39, 0.29) is 60.9 Å². The van der Waals surface area contributed by atoms with Gasteiger partial charge in [0.1, 0.15) is 35.1 Å². The monoisotopic (exact) mass is 1000 g/mol. The molecule has 5 N–H and O–H groups in total. The number of aromatic amines is 1. The Bertz CT molecular complexity index is 2800. The molecular formula is C51H60BCl2F2N7O7. The SMILES string of the molecule is CC[C@@H]1C/C=C(\C)C[C@H](NC(=O)CCC/C(=C2/N=C(C)C=C2C)c2c(C)cc(C)n2B(F)F)C(=O)N[C@@H](C)C(=O)N(C)C(Cc2c(Cl)[nH]c3ccccc23)C(=O)N[C@@H](c2ccc(O)c(Cl)c2)CC(=O)O1. The molecule has 4 heterocycles. The van der Waals surface area contributed by atoms with Crippen LogP contribution in [-0.2, 0) is 35.1 Å². The van der Waals surface area contributed by atoms with Crippen molar-refractivity contribution < 1.29 is 42.4 Å². The number of benzene rings is 2. The molecule has 4 amide bonds. The van der Waals surface area contributed by atoms with Crippen molar-refractivity contribution in [2.45, 2.75) is 130 Å². The standard InChI is InChI=1S/C51H60BCl2F2N7O7/c1-9-34-19-17-27(2)21-41(59-44(65)16-12-14-36(46-28(3)22-30(5)57-46)47-29(4)23-31(6)63(47)52(55)56)49(67)58-32(7)51(69)62(8)42(25-37-35-13-10-11-15-39(35)60-48(37)54)50(68)61-40(26-45(66)70-34)33-18-20-43(64)38(53)24-33/h10-11,13,15,17-18,20,22-24,32,34,40-42,60,64H,9,12,14,16,19,21,25-26H2,1-8H3,(H,58,67)(H,59,65)(H,61,68)/b27-17+,46-36-/t32-,34+,40+,41-,42?/m0/s1. The largest absolute Gasteiger partial charge is 0.677 e. The molecule has 372 valence electrons. The van der Waals surface area contributed by atoms with Crippen LogP contribution in [0, 0.1) is 13.8 Å². The van der Waals surface area contributed by atoms with Gasteiger partial charge in [0.05, 0.1) is 23.2 Å². The summed E-state index contributed by atoms with van der Waals surface area (Å²) in [6, 6.07) is 8.65. The lowest BCUT2D eigenvalue weighted by Crippen LogP contribution is -2.57. The molecule has 0 radical (unpaired) electrons. The van der Waals surface area contributed by atoms with Crippen LogP contribution in [0.5, 0.6) is 5.75 Å². The van der Waals surface area contributed by atoms with Crippen LogP contribution in [0.1, 0.15) is 114 Å². The number of cyclic esters (lactones) is 1. The summed E-state index contributed by atoms with van der Waals surface area (Å²) in [5.74, 6) is -3.30. The Morgan fingerprint density at radius 1 is 0.986 bits per heavy atom. The second-order valence-electron chi connectivity index (χ2n) is 18.2. The first-order chi connectivity index (χ1) is 33.2. The average Bonchev–Trinajstić information content (AvgIpc) is 3.93. The number of halogens is 4. The fraction of sp³-hybridized carbons (Fsp3) is 0.412. The maximum Gasteiger partial charge on any atom is 0.677 e. The van der Waals surface area contributed by atoms with Crippen LogP contribution in [0.25, 0.3) is 16.5 Å². The molecule has 5 atom stereocenters. The minimum Gasteiger partial charge on any atom is -0.506 e. The number of ether oxygens (including phenoxy) is 1. The summed E-state index contributed by atoms with van der Waals surface area (Å²) in [5, 5.41) is 19.7. The third-order valence-electron chi connectivity index (χ3n) is 12.8. The van der Waals surface area contributed by atoms with Gasteiger partial charge in [-0.25, -0.2) is 0 Å². The molecule has 0 bridgehead atoms. The zero-order chi connectivity index (χ0) is 51.1. The fourth-order valence-corrected chi connectivity index (χ4v) is 9.65. The number of aryl methyl sites for hydroxylation is 2. The molecule has 70 heavy (non-hydrogen) atoms. The lowest BCUT2D eigenvalue weighted by molar-refractivity contribution is -0.150. The molecule has 2 aliphatic heterocycles. The summed E-state index contributed by atoms with van der Waals surface area (Å²) in [5.41, 5.74) is 6.45. The molecule has 14 nitrogen and oxygen atoms in total. The van der Waals surface area contributed by atoms with Gasteiger partial charge in [0.25, 0.3) is 0 Å². The summed E-state index contributed by atoms with van der Waals surface area (Å²) in [4.78, 5) is 80.0. The third kappa shape index (κ3) is 12.6. The number of nitrogens with one attached hydrogen (secondary N) is 4. The number of hydrogen-bond acceptors (Lipinski definition) is 8. The number of aromatic hydroxyl groups is 1. The minimum atomic E-state index is -2.80. The minimum absolute atomic E-state index is 0.00655. The van der Waals surface area contributed by atoms with Crippen LogP contribution < -0.4 is 16.0 Å². The average molecular weight is 1000 g/mol. The van der Waals surface area contributed by atoms with Crippen molar-refractivity contribution in [1.82, 2.24) is 30.3 Å². The van der Waals surface area contributed by atoms with E-state index in [1.165, 1.54) is 37.1 Å². The van der Waals surface area contributed by atoms with E-state index in [1.54, 1.807) is 26.8 Å². The van der Waals surface area contributed by atoms with Gasteiger partial charge in [-0.1, -0.05) is 66.0 Å². The number of aromatic nitrogens is 2. The van der Waals surface area contributed by atoms with E-state index in [0.717, 1.165) is 21.1 Å². The van der Waals surface area contributed by atoms with E-state index in [2.05, 4.69) is 25.9 Å². The number of nitrogens with zero attached hydrogens (tertiary/aromatic N) is 3. The van der Waals surface area contributed by atoms with Gasteiger partial charge in [0.15, 0.2) is 0 Å². The first-order valence-electron chi connectivity index (χ1n) is 23.4. The predicted octanol–water partition coefficient (Wildman–Crippen LogP) is 9.04. The lowest BCUT2D eigenvalue weighted by atomic mass is 9.96. The van der Waals surface area contributed by atoms with E-state index in [1.807, 2.05) is 57.2 Å². The van der Waals surface area contributed by atoms with E-state index in [0.29, 0.717) is 56.9 Å². The quantitative estimate of drug-likeness (QED) is 0.0563. The number of amides is 4. The molecule has 4 aromatic rings. The van der Waals surface area contributed by atoms with Crippen molar-refractivity contribution in [3.05, 3.63) is 116 Å². The Labute approximate surface area is 417 Å². The number of carbonyl (C=O) groups excluding carboxylic acids is 5. The fourth-order valence-electron chi connectivity index (χ4n) is 9.18. The maximum absolute atomic E-state index is 14.7. The number of phenolic OH excluding ortho intramolecular Hbond substituents is 1. The van der Waals surface area contributed by atoms with E-state index >= 15 is 0 Å². The number of carbonyl (C=O) groups is 5. The molecule has 19 heteroatoms. The molecule has 1 unspecified atom stereocenters. The number of H-pyrrole nitrogens is 1. The topological polar surface area (TPSA) is 187 Å². The van der Waals surface area contributed by atoms with Crippen molar-refractivity contribution in [1.29, 1.82) is 0 Å². The number of fused-ring (bicyclic) bond motifs is 1. The molecular weight excluding hydrogens is 942 g/mol. The van der Waals surface area contributed by atoms with Crippen molar-refractivity contribution in [2.75, 3.05) is 7.05 Å². The summed E-state index contributed by atoms with van der Waals surface area (Å²) in [7, 11) is -1.38. The molecule has 6 rings (SSSR count). The lowest BCUT2D eigenvalue weighted by Gasteiger charge is -2.32. The summed E-state index contributed by atoms with van der Waals surface area (Å²) in [6.45, 7) is 12.2. The maximum atomic E-state index is 14.7. The predicted molar refractivity (Wildman–Crippen MR) is 270 cm³/mol. The Hall–Kier alpha value is -6.20. The van der Waals surface area contributed by atoms with Gasteiger partial charge in [-0.3, -0.25) is 37.6 Å². The van der Waals surface area contributed by atoms with Crippen molar-refractivity contribution in [3.8, 4) is 5.75 Å². The van der Waals surface area contributed by atoms with Crippen LogP contribution in [0.3, 0.4) is 0 Å². The second kappa shape index (κ2) is 23.1. The zero-order valence-electron chi connectivity index (χ0n) is 40.6. The highest BCUT2D eigenvalue weighted by Crippen LogP contribution is 2.36. The second-order valence-corrected chi connectivity index (χ2v) is 19.0. The van der Waals surface area contributed by atoms with Crippen LogP contribution in [-0.4, -0.2) is 93.5 Å². The molecule has 2 aromatic heterocycles. The van der Waals surface area contributed by atoms with Gasteiger partial charge in [-0.2, -0.15) is 0 Å². The zero-order valence-corrected chi connectivity index (χ0v) is 42.2. The van der Waals surface area contributed by atoms with Gasteiger partial charge in [-0.05, 0) is 120 Å². The van der Waals surface area contributed by atoms with Crippen LogP contribution in [0.4, 0.5) is 8.63 Å². The Morgan fingerprint density at radius 3 is 2.39 bits per heavy atom. The number of esters is 1. The number of rotatable bonds is 11. The van der Waals surface area contributed by atoms with Crippen LogP contribution in [0.2, 0.25) is 10.2 Å². The highest BCUT2D eigenvalue weighted by atomic mass is 35.5. The smallest absolute Gasteiger partial charge is 0.506 e. The normalized spacial score (nSPS) is 22.5. The molecule has 0 spiro atoms. The number of para-hydroxylation sites is 1. The van der Waals surface area contributed by atoms with E-state index < -0.39 is 67.3 Å². The summed E-state index contributed by atoms with van der Waals surface area (Å²) < 4.78 is 35.9. The molecule has 0 aliphatic carbocycles. The third-order valence-corrected chi connectivity index (χ3v) is 13.5. The summed E-state index contributed by atoms with van der Waals surface area (Å²) >= 11 is 13.0. The highest BCUT2D eigenvalue weighted by molar-refractivity contribution is 6.41. The molecule has 2 aromatic carbocycles. The number of aliphatic imine (C=N–C) groups is 1. The van der Waals surface area contributed by atoms with Gasteiger partial charge in [-0.15, -0.1) is 0 Å². The highest BCUT2D eigenvalue weighted by Gasteiger charge is 2.36. The Morgan fingerprint density at radius 2 is 1.71 bits per heavy atom. The van der Waals surface area contributed by atoms with Crippen LogP contribution >= 0.6 is 23.2 Å².